The Balaban J connectivity index is 1.40. The summed E-state index contributed by atoms with van der Waals surface area (Å²) in [5, 5.41) is 2.58. The Bertz CT molecular complexity index is 2050. The molecule has 3 N–H and O–H groups in total. The summed E-state index contributed by atoms with van der Waals surface area (Å²) >= 11 is 0. The van der Waals surface area contributed by atoms with Gasteiger partial charge in [0.25, 0.3) is 11.8 Å². The van der Waals surface area contributed by atoms with Gasteiger partial charge >= 0.3 is 6.18 Å². The fourth-order valence-corrected chi connectivity index (χ4v) is 5.99. The number of nitrogens with zero attached hydrogens (tertiary/aromatic N) is 3. The van der Waals surface area contributed by atoms with E-state index in [1.807, 2.05) is 19.0 Å². The minimum atomic E-state index is -4.61. The number of fused-ring (bicyclic) bond motifs is 1. The molecule has 0 bridgehead atoms. The molecule has 4 amide bonds. The second kappa shape index (κ2) is 16.2. The van der Waals surface area contributed by atoms with E-state index in [-0.39, 0.29) is 48.4 Å². The van der Waals surface area contributed by atoms with Crippen LogP contribution in [0.3, 0.4) is 0 Å². The van der Waals surface area contributed by atoms with Crippen molar-refractivity contribution in [2.75, 3.05) is 39.0 Å². The number of hydrogen-bond donors (Lipinski definition) is 2. The topological polar surface area (TPSA) is 116 Å². The zero-order valence-electron chi connectivity index (χ0n) is 28.8. The first-order valence-electron chi connectivity index (χ1n) is 16.5. The van der Waals surface area contributed by atoms with E-state index >= 15 is 0 Å². The van der Waals surface area contributed by atoms with E-state index in [1.165, 1.54) is 46.2 Å². The van der Waals surface area contributed by atoms with Crippen LogP contribution in [0.2, 0.25) is 0 Å². The lowest BCUT2D eigenvalue weighted by molar-refractivity contribution is -0.137. The van der Waals surface area contributed by atoms with Gasteiger partial charge in [-0.1, -0.05) is 42.5 Å². The van der Waals surface area contributed by atoms with Gasteiger partial charge in [0.2, 0.25) is 11.8 Å². The highest BCUT2D eigenvalue weighted by Gasteiger charge is 2.35. The van der Waals surface area contributed by atoms with Crippen LogP contribution in [0.5, 0.6) is 0 Å². The predicted octanol–water partition coefficient (Wildman–Crippen LogP) is 6.06. The van der Waals surface area contributed by atoms with E-state index in [0.717, 1.165) is 30.4 Å². The fraction of sp³-hybridized carbons (Fsp3) is 0.231. The summed E-state index contributed by atoms with van der Waals surface area (Å²) in [4.78, 5) is 56.5. The summed E-state index contributed by atoms with van der Waals surface area (Å²) in [5.41, 5.74) is 6.52. The van der Waals surface area contributed by atoms with Crippen molar-refractivity contribution in [3.8, 4) is 0 Å². The van der Waals surface area contributed by atoms with Gasteiger partial charge in [0, 0.05) is 42.5 Å². The first kappa shape index (κ1) is 38.3. The van der Waals surface area contributed by atoms with E-state index in [2.05, 4.69) is 5.32 Å². The van der Waals surface area contributed by atoms with Gasteiger partial charge in [-0.3, -0.25) is 19.2 Å². The van der Waals surface area contributed by atoms with Crippen LogP contribution in [0.25, 0.3) is 6.08 Å². The maximum absolute atomic E-state index is 14.4. The summed E-state index contributed by atoms with van der Waals surface area (Å²) < 4.78 is 68.5. The molecule has 4 aromatic carbocycles. The quantitative estimate of drug-likeness (QED) is 0.136. The summed E-state index contributed by atoms with van der Waals surface area (Å²) in [5.74, 6) is -4.41. The van der Waals surface area contributed by atoms with Gasteiger partial charge in [-0.25, -0.2) is 8.78 Å². The average Bonchev–Trinajstić information content (AvgIpc) is 3.11. The van der Waals surface area contributed by atoms with Crippen molar-refractivity contribution in [3.63, 3.8) is 0 Å². The summed E-state index contributed by atoms with van der Waals surface area (Å²) in [6, 6.07) is 18.5. The third-order valence-electron chi connectivity index (χ3n) is 8.67. The average molecular weight is 734 g/mol. The molecule has 0 aromatic heterocycles. The molecule has 0 radical (unpaired) electrons. The van der Waals surface area contributed by atoms with E-state index < -0.39 is 53.0 Å². The number of carbonyl (C=O) groups excluding carboxylic acids is 4. The molecule has 0 spiro atoms. The second-order valence-electron chi connectivity index (χ2n) is 12.8. The minimum Gasteiger partial charge on any atom is -0.368 e. The molecule has 0 saturated heterocycles. The van der Waals surface area contributed by atoms with E-state index in [0.29, 0.717) is 23.2 Å². The Morgan fingerprint density at radius 3 is 2.30 bits per heavy atom. The van der Waals surface area contributed by atoms with E-state index in [1.54, 1.807) is 30.3 Å². The number of alkyl halides is 3. The highest BCUT2D eigenvalue weighted by atomic mass is 19.4. The molecule has 1 atom stereocenters. The van der Waals surface area contributed by atoms with E-state index in [9.17, 15) is 41.1 Å². The fourth-order valence-electron chi connectivity index (χ4n) is 5.99. The number of amides is 4. The summed E-state index contributed by atoms with van der Waals surface area (Å²) in [7, 11) is 3.66. The van der Waals surface area contributed by atoms with Crippen LogP contribution in [-0.2, 0) is 28.7 Å². The molecule has 4 aromatic rings. The number of nitrogens with one attached hydrogen (secondary N) is 1. The van der Waals surface area contributed by atoms with Crippen molar-refractivity contribution in [3.05, 3.63) is 142 Å². The number of likely N-dealkylation sites (N-methyl/N-ethyl adjacent to an activating group) is 1. The molecule has 9 nitrogen and oxygen atoms in total. The Labute approximate surface area is 302 Å². The zero-order valence-corrected chi connectivity index (χ0v) is 28.8. The van der Waals surface area contributed by atoms with Crippen LogP contribution in [0.15, 0.2) is 91.0 Å². The van der Waals surface area contributed by atoms with Gasteiger partial charge in [-0.05, 0) is 91.3 Å². The lowest BCUT2D eigenvalue weighted by Crippen LogP contribution is -2.42. The second-order valence-corrected chi connectivity index (χ2v) is 12.8. The monoisotopic (exact) mass is 733 g/mol. The third kappa shape index (κ3) is 9.51. The maximum atomic E-state index is 14.4. The van der Waals surface area contributed by atoms with Crippen molar-refractivity contribution in [2.24, 2.45) is 5.73 Å². The van der Waals surface area contributed by atoms with Gasteiger partial charge in [-0.15, -0.1) is 0 Å². The standard InChI is InChI=1S/C39H36F5N5O4/c1-47(2)17-18-48(23-35(45)50)37(52)26-9-7-24(8-10-26)22-49-34(28-12-15-32(40)33(41)19-28)20-27-11-14-29(21-30(27)38(49)53)46-36(51)16-13-25-5-3-4-6-31(25)39(42,43)44/h3-16,19,21,34H,17-18,20,22-23H2,1-2H3,(H2,45,50)(H,46,51). The SMILES string of the molecule is CN(C)CCN(CC(N)=O)C(=O)c1ccc(CN2C(=O)c3cc(NC(=O)C=Cc4ccccc4C(F)(F)F)ccc3CC2c2ccc(F)c(F)c2)cc1. The number of nitrogens with two attached hydrogens (primary N) is 1. The van der Waals surface area contributed by atoms with Gasteiger partial charge in [0.1, 0.15) is 0 Å². The van der Waals surface area contributed by atoms with Gasteiger partial charge in [-0.2, -0.15) is 13.2 Å². The first-order chi connectivity index (χ1) is 25.1. The molecule has 14 heteroatoms. The smallest absolute Gasteiger partial charge is 0.368 e. The van der Waals surface area contributed by atoms with Crippen molar-refractivity contribution in [1.29, 1.82) is 0 Å². The minimum absolute atomic E-state index is 0.0000253. The molecule has 276 valence electrons. The molecular weight excluding hydrogens is 697 g/mol. The number of primary amides is 1. The van der Waals surface area contributed by atoms with Crippen LogP contribution >= 0.6 is 0 Å². The predicted molar refractivity (Wildman–Crippen MR) is 188 cm³/mol. The normalized spacial score (nSPS) is 14.4. The zero-order chi connectivity index (χ0) is 38.4. The van der Waals surface area contributed by atoms with Crippen molar-refractivity contribution in [1.82, 2.24) is 14.7 Å². The van der Waals surface area contributed by atoms with Crippen LogP contribution in [0.1, 0.15) is 54.6 Å². The number of carbonyl (C=O) groups is 4. The largest absolute Gasteiger partial charge is 0.416 e. The first-order valence-corrected chi connectivity index (χ1v) is 16.5. The molecule has 0 aliphatic carbocycles. The van der Waals surface area contributed by atoms with Crippen LogP contribution in [0.4, 0.5) is 27.6 Å². The molecule has 0 fully saturated rings. The Hall–Kier alpha value is -5.89. The van der Waals surface area contributed by atoms with Crippen molar-refractivity contribution < 1.29 is 41.1 Å². The van der Waals surface area contributed by atoms with Crippen molar-refractivity contribution in [2.45, 2.75) is 25.2 Å². The molecule has 53 heavy (non-hydrogen) atoms. The lowest BCUT2D eigenvalue weighted by Gasteiger charge is -2.37. The Morgan fingerprint density at radius 1 is 0.925 bits per heavy atom. The highest BCUT2D eigenvalue weighted by molar-refractivity contribution is 6.04. The van der Waals surface area contributed by atoms with Crippen LogP contribution in [-0.4, -0.2) is 72.1 Å². The Morgan fingerprint density at radius 2 is 1.64 bits per heavy atom. The molecule has 1 aliphatic heterocycles. The summed E-state index contributed by atoms with van der Waals surface area (Å²) in [6.45, 7) is 0.495. The number of hydrogen-bond acceptors (Lipinski definition) is 5. The Kier molecular flexibility index (Phi) is 11.7. The van der Waals surface area contributed by atoms with Crippen molar-refractivity contribution >= 4 is 35.4 Å². The molecule has 1 aliphatic rings. The molecular formula is C39H36F5N5O4. The molecule has 5 rings (SSSR count). The number of halogens is 5. The molecule has 0 saturated carbocycles. The van der Waals surface area contributed by atoms with Crippen LogP contribution < -0.4 is 11.1 Å². The highest BCUT2D eigenvalue weighted by Crippen LogP contribution is 2.36. The number of rotatable bonds is 12. The van der Waals surface area contributed by atoms with Gasteiger partial charge < -0.3 is 25.8 Å². The maximum Gasteiger partial charge on any atom is 0.416 e. The number of benzene rings is 4. The molecule has 1 unspecified atom stereocenters. The van der Waals surface area contributed by atoms with Gasteiger partial charge in [0.05, 0.1) is 18.2 Å². The van der Waals surface area contributed by atoms with Gasteiger partial charge in [0.15, 0.2) is 11.6 Å². The third-order valence-corrected chi connectivity index (χ3v) is 8.67. The number of anilines is 1. The van der Waals surface area contributed by atoms with Crippen LogP contribution in [0, 0.1) is 11.6 Å². The van der Waals surface area contributed by atoms with E-state index in [4.69, 9.17) is 5.73 Å². The summed E-state index contributed by atoms with van der Waals surface area (Å²) in [6.07, 6.45) is -2.40. The molecule has 1 heterocycles. The lowest BCUT2D eigenvalue weighted by atomic mass is 9.88.